The molecule has 0 fully saturated rings. The second-order valence-corrected chi connectivity index (χ2v) is 4.55. The minimum absolute atomic E-state index is 0.197. The van der Waals surface area contributed by atoms with Crippen LogP contribution in [0, 0.1) is 11.3 Å². The van der Waals surface area contributed by atoms with Gasteiger partial charge in [0, 0.05) is 11.3 Å². The zero-order valence-corrected chi connectivity index (χ0v) is 11.5. The molecular formula is C17H11N3O2. The molecule has 0 saturated carbocycles. The molecule has 0 bridgehead atoms. The number of carbonyl (C=O) groups is 1. The highest BCUT2D eigenvalue weighted by atomic mass is 16.3. The number of benzene rings is 2. The van der Waals surface area contributed by atoms with E-state index in [-0.39, 0.29) is 11.6 Å². The number of amides is 1. The van der Waals surface area contributed by atoms with Gasteiger partial charge in [0.25, 0.3) is 5.91 Å². The Kier molecular flexibility index (Phi) is 3.67. The zero-order valence-electron chi connectivity index (χ0n) is 11.5. The lowest BCUT2D eigenvalue weighted by Gasteiger charge is -2.02. The third-order valence-corrected chi connectivity index (χ3v) is 3.03. The monoisotopic (exact) mass is 289 g/mol. The molecule has 1 N–H and O–H groups in total. The molecule has 5 heteroatoms. The van der Waals surface area contributed by atoms with Crippen molar-refractivity contribution in [2.75, 3.05) is 5.32 Å². The number of nitrogens with zero attached hydrogens (tertiary/aromatic N) is 2. The van der Waals surface area contributed by atoms with E-state index in [0.29, 0.717) is 17.1 Å². The Balaban J connectivity index is 1.75. The van der Waals surface area contributed by atoms with Crippen LogP contribution in [0.25, 0.3) is 11.5 Å². The SMILES string of the molecule is N#Cc1ccc(NC(=O)c2coc(-c3ccccc3)n2)cc1. The number of hydrogen-bond donors (Lipinski definition) is 1. The Morgan fingerprint density at radius 1 is 1.09 bits per heavy atom. The summed E-state index contributed by atoms with van der Waals surface area (Å²) >= 11 is 0. The smallest absolute Gasteiger partial charge is 0.277 e. The molecule has 106 valence electrons. The lowest BCUT2D eigenvalue weighted by Crippen LogP contribution is -2.12. The number of aromatic nitrogens is 1. The van der Waals surface area contributed by atoms with Crippen LogP contribution in [-0.2, 0) is 0 Å². The molecule has 3 aromatic rings. The summed E-state index contributed by atoms with van der Waals surface area (Å²) in [5, 5.41) is 11.4. The Morgan fingerprint density at radius 3 is 2.50 bits per heavy atom. The number of anilines is 1. The third-order valence-electron chi connectivity index (χ3n) is 3.03. The van der Waals surface area contributed by atoms with Crippen molar-refractivity contribution in [1.82, 2.24) is 4.98 Å². The van der Waals surface area contributed by atoms with Crippen LogP contribution in [0.5, 0.6) is 0 Å². The van der Waals surface area contributed by atoms with Crippen molar-refractivity contribution < 1.29 is 9.21 Å². The van der Waals surface area contributed by atoms with Crippen LogP contribution in [0.3, 0.4) is 0 Å². The van der Waals surface area contributed by atoms with E-state index < -0.39 is 0 Å². The summed E-state index contributed by atoms with van der Waals surface area (Å²) in [5.74, 6) is 0.0289. The van der Waals surface area contributed by atoms with Gasteiger partial charge in [-0.25, -0.2) is 4.98 Å². The molecule has 1 amide bonds. The lowest BCUT2D eigenvalue weighted by atomic mass is 10.2. The topological polar surface area (TPSA) is 78.9 Å². The maximum Gasteiger partial charge on any atom is 0.277 e. The first-order chi connectivity index (χ1) is 10.8. The van der Waals surface area contributed by atoms with Gasteiger partial charge in [-0.3, -0.25) is 4.79 Å². The first kappa shape index (κ1) is 13.6. The van der Waals surface area contributed by atoms with E-state index in [0.717, 1.165) is 5.56 Å². The largest absolute Gasteiger partial charge is 0.444 e. The minimum atomic E-state index is -0.365. The van der Waals surface area contributed by atoms with E-state index in [1.54, 1.807) is 24.3 Å². The quantitative estimate of drug-likeness (QED) is 0.800. The van der Waals surface area contributed by atoms with Gasteiger partial charge < -0.3 is 9.73 Å². The van der Waals surface area contributed by atoms with E-state index >= 15 is 0 Å². The molecule has 22 heavy (non-hydrogen) atoms. The molecule has 1 aromatic heterocycles. The number of nitriles is 1. The fraction of sp³-hybridized carbons (Fsp3) is 0. The standard InChI is InChI=1S/C17H11N3O2/c18-10-12-6-8-14(9-7-12)19-16(21)15-11-22-17(20-15)13-4-2-1-3-5-13/h1-9,11H,(H,19,21). The van der Waals surface area contributed by atoms with E-state index in [1.165, 1.54) is 6.26 Å². The molecule has 0 aliphatic heterocycles. The first-order valence-corrected chi connectivity index (χ1v) is 6.59. The van der Waals surface area contributed by atoms with Gasteiger partial charge in [0.1, 0.15) is 6.26 Å². The van der Waals surface area contributed by atoms with Gasteiger partial charge >= 0.3 is 0 Å². The van der Waals surface area contributed by atoms with Crippen molar-refractivity contribution in [2.24, 2.45) is 0 Å². The number of hydrogen-bond acceptors (Lipinski definition) is 4. The molecule has 1 heterocycles. The van der Waals surface area contributed by atoms with Crippen LogP contribution in [0.1, 0.15) is 16.1 Å². The number of nitrogens with one attached hydrogen (secondary N) is 1. The summed E-state index contributed by atoms with van der Waals surface area (Å²) in [6.45, 7) is 0. The molecule has 0 spiro atoms. The Morgan fingerprint density at radius 2 is 1.82 bits per heavy atom. The summed E-state index contributed by atoms with van der Waals surface area (Å²) in [4.78, 5) is 16.3. The molecular weight excluding hydrogens is 278 g/mol. The van der Waals surface area contributed by atoms with Gasteiger partial charge in [-0.15, -0.1) is 0 Å². The van der Waals surface area contributed by atoms with Crippen molar-refractivity contribution in [2.45, 2.75) is 0 Å². The van der Waals surface area contributed by atoms with Crippen LogP contribution < -0.4 is 5.32 Å². The number of rotatable bonds is 3. The Labute approximate surface area is 126 Å². The van der Waals surface area contributed by atoms with Gasteiger partial charge in [-0.05, 0) is 36.4 Å². The Bertz CT molecular complexity index is 830. The highest BCUT2D eigenvalue weighted by Gasteiger charge is 2.13. The van der Waals surface area contributed by atoms with Gasteiger partial charge in [-0.1, -0.05) is 18.2 Å². The van der Waals surface area contributed by atoms with Gasteiger partial charge in [0.15, 0.2) is 5.69 Å². The maximum absolute atomic E-state index is 12.1. The van der Waals surface area contributed by atoms with Crippen LogP contribution >= 0.6 is 0 Å². The van der Waals surface area contributed by atoms with Crippen molar-refractivity contribution in [3.63, 3.8) is 0 Å². The fourth-order valence-electron chi connectivity index (χ4n) is 1.91. The van der Waals surface area contributed by atoms with Crippen molar-refractivity contribution >= 4 is 11.6 Å². The summed E-state index contributed by atoms with van der Waals surface area (Å²) in [7, 11) is 0. The molecule has 2 aromatic carbocycles. The molecule has 0 unspecified atom stereocenters. The van der Waals surface area contributed by atoms with E-state index in [9.17, 15) is 4.79 Å². The number of oxazole rings is 1. The molecule has 3 rings (SSSR count). The number of carbonyl (C=O) groups excluding carboxylic acids is 1. The Hall–Kier alpha value is -3.39. The lowest BCUT2D eigenvalue weighted by molar-refractivity contribution is 0.102. The van der Waals surface area contributed by atoms with Crippen LogP contribution in [0.4, 0.5) is 5.69 Å². The minimum Gasteiger partial charge on any atom is -0.444 e. The second kappa shape index (κ2) is 5.94. The highest BCUT2D eigenvalue weighted by molar-refractivity contribution is 6.02. The van der Waals surface area contributed by atoms with Crippen LogP contribution in [0.2, 0.25) is 0 Å². The molecule has 0 saturated heterocycles. The zero-order chi connectivity index (χ0) is 15.4. The fourth-order valence-corrected chi connectivity index (χ4v) is 1.91. The third kappa shape index (κ3) is 2.86. The normalized spacial score (nSPS) is 9.95. The molecule has 0 radical (unpaired) electrons. The maximum atomic E-state index is 12.1. The molecule has 0 atom stereocenters. The summed E-state index contributed by atoms with van der Waals surface area (Å²) in [6, 6.07) is 18.0. The van der Waals surface area contributed by atoms with E-state index in [2.05, 4.69) is 10.3 Å². The van der Waals surface area contributed by atoms with Crippen molar-refractivity contribution in [3.8, 4) is 17.5 Å². The highest BCUT2D eigenvalue weighted by Crippen LogP contribution is 2.18. The average molecular weight is 289 g/mol. The summed E-state index contributed by atoms with van der Waals surface area (Å²) < 4.78 is 5.33. The second-order valence-electron chi connectivity index (χ2n) is 4.55. The van der Waals surface area contributed by atoms with Crippen LogP contribution in [0.15, 0.2) is 65.3 Å². The van der Waals surface area contributed by atoms with Crippen LogP contribution in [-0.4, -0.2) is 10.9 Å². The molecule has 0 aliphatic carbocycles. The predicted molar refractivity (Wildman–Crippen MR) is 81.0 cm³/mol. The molecule has 0 aliphatic rings. The van der Waals surface area contributed by atoms with Crippen molar-refractivity contribution in [1.29, 1.82) is 5.26 Å². The van der Waals surface area contributed by atoms with E-state index in [4.69, 9.17) is 9.68 Å². The summed E-state index contributed by atoms with van der Waals surface area (Å²) in [6.07, 6.45) is 1.32. The van der Waals surface area contributed by atoms with E-state index in [1.807, 2.05) is 36.4 Å². The van der Waals surface area contributed by atoms with Gasteiger partial charge in [0.05, 0.1) is 11.6 Å². The van der Waals surface area contributed by atoms with Crippen molar-refractivity contribution in [3.05, 3.63) is 72.1 Å². The predicted octanol–water partition coefficient (Wildman–Crippen LogP) is 3.47. The van der Waals surface area contributed by atoms with Gasteiger partial charge in [0.2, 0.25) is 5.89 Å². The first-order valence-electron chi connectivity index (χ1n) is 6.59. The van der Waals surface area contributed by atoms with Gasteiger partial charge in [-0.2, -0.15) is 5.26 Å². The molecule has 5 nitrogen and oxygen atoms in total. The average Bonchev–Trinajstić information content (AvgIpc) is 3.06. The summed E-state index contributed by atoms with van der Waals surface area (Å²) in [5.41, 5.74) is 2.13.